The van der Waals surface area contributed by atoms with E-state index in [9.17, 15) is 4.79 Å². The van der Waals surface area contributed by atoms with E-state index in [0.29, 0.717) is 17.9 Å². The highest BCUT2D eigenvalue weighted by atomic mass is 16.4. The summed E-state index contributed by atoms with van der Waals surface area (Å²) in [6.07, 6.45) is 2.93. The van der Waals surface area contributed by atoms with Crippen LogP contribution in [0.5, 0.6) is 0 Å². The lowest BCUT2D eigenvalue weighted by Gasteiger charge is -2.02. The summed E-state index contributed by atoms with van der Waals surface area (Å²) in [5.74, 6) is -1.01. The SMILES string of the molecule is Cc1c(C(=O)O)cnc2c(CN)cnn12. The molecular formula is C9H10N4O2. The third kappa shape index (κ3) is 1.35. The Hall–Kier alpha value is -1.95. The Bertz CT molecular complexity index is 532. The molecule has 0 saturated carbocycles. The molecule has 0 spiro atoms. The number of aromatic carboxylic acids is 1. The van der Waals surface area contributed by atoms with Crippen LogP contribution in [0.15, 0.2) is 12.4 Å². The van der Waals surface area contributed by atoms with Gasteiger partial charge in [0.25, 0.3) is 0 Å². The van der Waals surface area contributed by atoms with Crippen LogP contribution < -0.4 is 5.73 Å². The molecule has 3 N–H and O–H groups in total. The minimum Gasteiger partial charge on any atom is -0.478 e. The van der Waals surface area contributed by atoms with Gasteiger partial charge >= 0.3 is 5.97 Å². The number of aryl methyl sites for hydroxylation is 1. The summed E-state index contributed by atoms with van der Waals surface area (Å²) in [5, 5.41) is 12.9. The lowest BCUT2D eigenvalue weighted by molar-refractivity contribution is 0.0695. The maximum Gasteiger partial charge on any atom is 0.339 e. The summed E-state index contributed by atoms with van der Waals surface area (Å²) >= 11 is 0. The molecule has 78 valence electrons. The molecule has 2 heterocycles. The van der Waals surface area contributed by atoms with Crippen LogP contribution in [-0.2, 0) is 6.54 Å². The Morgan fingerprint density at radius 3 is 2.93 bits per heavy atom. The van der Waals surface area contributed by atoms with Gasteiger partial charge in [-0.05, 0) is 6.92 Å². The van der Waals surface area contributed by atoms with Crippen molar-refractivity contribution in [2.45, 2.75) is 13.5 Å². The first-order valence-corrected chi connectivity index (χ1v) is 4.40. The molecule has 0 aliphatic heterocycles. The van der Waals surface area contributed by atoms with E-state index in [-0.39, 0.29) is 5.56 Å². The lowest BCUT2D eigenvalue weighted by Crippen LogP contribution is -2.07. The zero-order valence-corrected chi connectivity index (χ0v) is 8.14. The normalized spacial score (nSPS) is 10.8. The van der Waals surface area contributed by atoms with E-state index < -0.39 is 5.97 Å². The zero-order valence-electron chi connectivity index (χ0n) is 8.14. The van der Waals surface area contributed by atoms with Crippen molar-refractivity contribution in [3.05, 3.63) is 29.2 Å². The summed E-state index contributed by atoms with van der Waals surface area (Å²) in [6, 6.07) is 0. The smallest absolute Gasteiger partial charge is 0.339 e. The predicted octanol–water partition coefficient (Wildman–Crippen LogP) is 0.195. The number of carboxylic acids is 1. The number of carbonyl (C=O) groups is 1. The number of hydrogen-bond acceptors (Lipinski definition) is 4. The number of nitrogens with two attached hydrogens (primary N) is 1. The Morgan fingerprint density at radius 2 is 2.33 bits per heavy atom. The van der Waals surface area contributed by atoms with E-state index in [4.69, 9.17) is 10.8 Å². The molecule has 6 nitrogen and oxygen atoms in total. The number of rotatable bonds is 2. The van der Waals surface area contributed by atoms with Crippen molar-refractivity contribution in [3.63, 3.8) is 0 Å². The van der Waals surface area contributed by atoms with Gasteiger partial charge in [-0.3, -0.25) is 0 Å². The van der Waals surface area contributed by atoms with Gasteiger partial charge in [0.05, 0.1) is 17.5 Å². The number of aromatic nitrogens is 3. The number of fused-ring (bicyclic) bond motifs is 1. The molecule has 0 amide bonds. The Balaban J connectivity index is 2.75. The summed E-state index contributed by atoms with van der Waals surface area (Å²) < 4.78 is 1.49. The fourth-order valence-corrected chi connectivity index (χ4v) is 1.45. The number of hydrogen-bond donors (Lipinski definition) is 2. The van der Waals surface area contributed by atoms with Gasteiger partial charge in [0.2, 0.25) is 0 Å². The molecule has 0 bridgehead atoms. The van der Waals surface area contributed by atoms with Crippen molar-refractivity contribution >= 4 is 11.6 Å². The molecule has 0 aliphatic carbocycles. The second-order valence-electron chi connectivity index (χ2n) is 3.17. The predicted molar refractivity (Wildman–Crippen MR) is 52.6 cm³/mol. The standard InChI is InChI=1S/C9H10N4O2/c1-5-7(9(14)15)4-11-8-6(2-10)3-12-13(5)8/h3-4H,2,10H2,1H3,(H,14,15). The van der Waals surface area contributed by atoms with Crippen molar-refractivity contribution in [2.24, 2.45) is 5.73 Å². The van der Waals surface area contributed by atoms with Gasteiger partial charge in [-0.25, -0.2) is 14.3 Å². The third-order valence-electron chi connectivity index (χ3n) is 2.29. The highest BCUT2D eigenvalue weighted by Gasteiger charge is 2.13. The Labute approximate surface area is 85.3 Å². The van der Waals surface area contributed by atoms with Crippen molar-refractivity contribution in [3.8, 4) is 0 Å². The summed E-state index contributed by atoms with van der Waals surface area (Å²) in [4.78, 5) is 14.9. The average Bonchev–Trinajstić information content (AvgIpc) is 2.61. The maximum atomic E-state index is 10.8. The summed E-state index contributed by atoms with van der Waals surface area (Å²) in [7, 11) is 0. The first kappa shape index (κ1) is 9.60. The first-order chi connectivity index (χ1) is 7.15. The number of carboxylic acid groups (broad SMARTS) is 1. The van der Waals surface area contributed by atoms with Gasteiger partial charge in [-0.1, -0.05) is 0 Å². The summed E-state index contributed by atoms with van der Waals surface area (Å²) in [6.45, 7) is 2.02. The van der Waals surface area contributed by atoms with E-state index in [1.54, 1.807) is 13.1 Å². The second-order valence-corrected chi connectivity index (χ2v) is 3.17. The van der Waals surface area contributed by atoms with Crippen LogP contribution in [0.4, 0.5) is 0 Å². The minimum absolute atomic E-state index is 0.147. The van der Waals surface area contributed by atoms with Crippen molar-refractivity contribution in [1.82, 2.24) is 14.6 Å². The van der Waals surface area contributed by atoms with Gasteiger partial charge in [0, 0.05) is 18.3 Å². The average molecular weight is 206 g/mol. The zero-order chi connectivity index (χ0) is 11.0. The molecule has 2 aromatic heterocycles. The molecular weight excluding hydrogens is 196 g/mol. The van der Waals surface area contributed by atoms with Crippen LogP contribution in [0.3, 0.4) is 0 Å². The maximum absolute atomic E-state index is 10.8. The van der Waals surface area contributed by atoms with E-state index in [2.05, 4.69) is 10.1 Å². The summed E-state index contributed by atoms with van der Waals surface area (Å²) in [5.41, 5.74) is 7.61. The first-order valence-electron chi connectivity index (χ1n) is 4.40. The molecule has 0 aromatic carbocycles. The topological polar surface area (TPSA) is 93.5 Å². The van der Waals surface area contributed by atoms with Crippen molar-refractivity contribution in [1.29, 1.82) is 0 Å². The molecule has 0 atom stereocenters. The van der Waals surface area contributed by atoms with Crippen LogP contribution in [0.1, 0.15) is 21.6 Å². The van der Waals surface area contributed by atoms with Gasteiger partial charge in [0.1, 0.15) is 0 Å². The monoisotopic (exact) mass is 206 g/mol. The van der Waals surface area contributed by atoms with Gasteiger partial charge < -0.3 is 10.8 Å². The molecule has 2 rings (SSSR count). The van der Waals surface area contributed by atoms with E-state index in [1.807, 2.05) is 0 Å². The quantitative estimate of drug-likeness (QED) is 0.731. The minimum atomic E-state index is -1.01. The third-order valence-corrected chi connectivity index (χ3v) is 2.29. The lowest BCUT2D eigenvalue weighted by atomic mass is 10.2. The Kier molecular flexibility index (Phi) is 2.12. The van der Waals surface area contributed by atoms with Crippen LogP contribution in [-0.4, -0.2) is 25.7 Å². The number of nitrogens with zero attached hydrogens (tertiary/aromatic N) is 3. The van der Waals surface area contributed by atoms with E-state index >= 15 is 0 Å². The van der Waals surface area contributed by atoms with Crippen LogP contribution in [0, 0.1) is 6.92 Å². The van der Waals surface area contributed by atoms with Crippen molar-refractivity contribution < 1.29 is 9.90 Å². The van der Waals surface area contributed by atoms with E-state index in [0.717, 1.165) is 5.56 Å². The van der Waals surface area contributed by atoms with E-state index in [1.165, 1.54) is 10.7 Å². The molecule has 6 heteroatoms. The molecule has 0 fully saturated rings. The van der Waals surface area contributed by atoms with Gasteiger partial charge in [0.15, 0.2) is 5.65 Å². The van der Waals surface area contributed by atoms with Crippen LogP contribution in [0.2, 0.25) is 0 Å². The van der Waals surface area contributed by atoms with Crippen LogP contribution >= 0.6 is 0 Å². The molecule has 0 radical (unpaired) electrons. The molecule has 15 heavy (non-hydrogen) atoms. The molecule has 0 saturated heterocycles. The molecule has 2 aromatic rings. The van der Waals surface area contributed by atoms with Gasteiger partial charge in [-0.2, -0.15) is 5.10 Å². The fourth-order valence-electron chi connectivity index (χ4n) is 1.45. The van der Waals surface area contributed by atoms with Crippen molar-refractivity contribution in [2.75, 3.05) is 0 Å². The highest BCUT2D eigenvalue weighted by molar-refractivity contribution is 5.88. The van der Waals surface area contributed by atoms with Crippen LogP contribution in [0.25, 0.3) is 5.65 Å². The second kappa shape index (κ2) is 3.32. The fraction of sp³-hybridized carbons (Fsp3) is 0.222. The Morgan fingerprint density at radius 1 is 1.60 bits per heavy atom. The largest absolute Gasteiger partial charge is 0.478 e. The van der Waals surface area contributed by atoms with Gasteiger partial charge in [-0.15, -0.1) is 0 Å². The highest BCUT2D eigenvalue weighted by Crippen LogP contribution is 2.12. The molecule has 0 aliphatic rings. The molecule has 0 unspecified atom stereocenters.